The summed E-state index contributed by atoms with van der Waals surface area (Å²) in [6, 6.07) is 8.10. The highest BCUT2D eigenvalue weighted by atomic mass is 35.5. The lowest BCUT2D eigenvalue weighted by Gasteiger charge is -2.29. The molecular weight excluding hydrogens is 419 g/mol. The van der Waals surface area contributed by atoms with E-state index in [1.807, 2.05) is 29.8 Å². The van der Waals surface area contributed by atoms with Gasteiger partial charge in [0.05, 0.1) is 12.6 Å². The Bertz CT molecular complexity index is 852. The fourth-order valence-electron chi connectivity index (χ4n) is 3.11. The van der Waals surface area contributed by atoms with Crippen molar-refractivity contribution in [3.8, 4) is 0 Å². The second-order valence-electron chi connectivity index (χ2n) is 6.27. The van der Waals surface area contributed by atoms with E-state index in [0.29, 0.717) is 11.6 Å². The van der Waals surface area contributed by atoms with Crippen LogP contribution in [0.15, 0.2) is 41.2 Å². The van der Waals surface area contributed by atoms with Crippen LogP contribution in [0.3, 0.4) is 0 Å². The first-order chi connectivity index (χ1) is 13.1. The summed E-state index contributed by atoms with van der Waals surface area (Å²) < 4.78 is 5.36. The van der Waals surface area contributed by atoms with E-state index in [1.165, 1.54) is 10.4 Å². The van der Waals surface area contributed by atoms with Crippen molar-refractivity contribution >= 4 is 51.0 Å². The Morgan fingerprint density at radius 2 is 2.00 bits per heavy atom. The fraction of sp³-hybridized carbons (Fsp3) is 0.350. The third-order valence-corrected chi connectivity index (χ3v) is 6.98. The molecule has 0 bridgehead atoms. The average Bonchev–Trinajstić information content (AvgIpc) is 3.32. The normalized spacial score (nSPS) is 12.3. The van der Waals surface area contributed by atoms with Crippen LogP contribution in [0.4, 0.5) is 5.13 Å². The minimum atomic E-state index is 0.238. The molecule has 0 amide bonds. The van der Waals surface area contributed by atoms with Gasteiger partial charge in [0.2, 0.25) is 0 Å². The number of nitrogens with zero attached hydrogens (tertiary/aromatic N) is 2. The van der Waals surface area contributed by atoms with Crippen molar-refractivity contribution in [2.45, 2.75) is 32.4 Å². The van der Waals surface area contributed by atoms with Gasteiger partial charge < -0.3 is 9.64 Å². The van der Waals surface area contributed by atoms with Gasteiger partial charge in [-0.15, -0.1) is 22.7 Å². The van der Waals surface area contributed by atoms with Gasteiger partial charge >= 0.3 is 0 Å². The van der Waals surface area contributed by atoms with Crippen molar-refractivity contribution in [3.05, 3.63) is 67.3 Å². The van der Waals surface area contributed by atoms with Crippen molar-refractivity contribution in [3.63, 3.8) is 0 Å². The summed E-state index contributed by atoms with van der Waals surface area (Å²) in [6.45, 7) is 3.77. The van der Waals surface area contributed by atoms with E-state index < -0.39 is 0 Å². The quantitative estimate of drug-likeness (QED) is 0.363. The van der Waals surface area contributed by atoms with Crippen molar-refractivity contribution in [2.75, 3.05) is 18.6 Å². The molecule has 0 saturated heterocycles. The number of halogens is 2. The zero-order valence-corrected chi connectivity index (χ0v) is 18.5. The van der Waals surface area contributed by atoms with Crippen LogP contribution in [0.25, 0.3) is 0 Å². The molecule has 3 aromatic rings. The summed E-state index contributed by atoms with van der Waals surface area (Å²) in [5.74, 6) is 0. The Hall–Kier alpha value is -1.11. The number of hydrogen-bond acceptors (Lipinski definition) is 5. The molecule has 3 nitrogen and oxygen atoms in total. The number of ether oxygens (including phenoxy) is 1. The van der Waals surface area contributed by atoms with Gasteiger partial charge in [-0.2, -0.15) is 0 Å². The van der Waals surface area contributed by atoms with Crippen LogP contribution in [-0.2, 0) is 17.8 Å². The molecule has 1 aromatic carbocycles. The number of thiazole rings is 1. The lowest BCUT2D eigenvalue weighted by atomic mass is 10.1. The Morgan fingerprint density at radius 3 is 2.70 bits per heavy atom. The monoisotopic (exact) mass is 440 g/mol. The maximum absolute atomic E-state index is 6.32. The van der Waals surface area contributed by atoms with Crippen molar-refractivity contribution < 1.29 is 4.74 Å². The first kappa shape index (κ1) is 20.6. The molecule has 0 fully saturated rings. The van der Waals surface area contributed by atoms with E-state index in [-0.39, 0.29) is 6.04 Å². The average molecular weight is 441 g/mol. The lowest BCUT2D eigenvalue weighted by molar-refractivity contribution is 0.184. The van der Waals surface area contributed by atoms with Gasteiger partial charge in [-0.3, -0.25) is 0 Å². The summed E-state index contributed by atoms with van der Waals surface area (Å²) in [7, 11) is 1.74. The molecule has 2 heterocycles. The molecule has 144 valence electrons. The third-order valence-electron chi connectivity index (χ3n) is 4.45. The molecule has 3 rings (SSSR count). The van der Waals surface area contributed by atoms with E-state index in [0.717, 1.165) is 35.1 Å². The minimum Gasteiger partial charge on any atom is -0.380 e. The molecule has 7 heteroatoms. The largest absolute Gasteiger partial charge is 0.380 e. The minimum absolute atomic E-state index is 0.238. The maximum Gasteiger partial charge on any atom is 0.185 e. The van der Waals surface area contributed by atoms with Gasteiger partial charge in [0.1, 0.15) is 0 Å². The summed E-state index contributed by atoms with van der Waals surface area (Å²) in [5, 5.41) is 6.60. The third kappa shape index (κ3) is 5.24. The molecule has 1 unspecified atom stereocenters. The number of hydrogen-bond donors (Lipinski definition) is 0. The molecule has 0 spiro atoms. The molecule has 0 saturated carbocycles. The molecule has 0 N–H and O–H groups in total. The van der Waals surface area contributed by atoms with Crippen LogP contribution < -0.4 is 4.90 Å². The molecule has 2 aromatic heterocycles. The summed E-state index contributed by atoms with van der Waals surface area (Å²) in [4.78, 5) is 8.26. The number of thiophene rings is 1. The molecule has 1 atom stereocenters. The van der Waals surface area contributed by atoms with E-state index in [4.69, 9.17) is 27.9 Å². The van der Waals surface area contributed by atoms with E-state index >= 15 is 0 Å². The molecule has 0 radical (unpaired) electrons. The van der Waals surface area contributed by atoms with Gasteiger partial charge in [0.25, 0.3) is 0 Å². The summed E-state index contributed by atoms with van der Waals surface area (Å²) in [6.07, 6.45) is 3.75. The van der Waals surface area contributed by atoms with Crippen LogP contribution in [0.2, 0.25) is 10.0 Å². The topological polar surface area (TPSA) is 25.4 Å². The molecule has 27 heavy (non-hydrogen) atoms. The zero-order chi connectivity index (χ0) is 19.2. The standard InChI is InChI=1S/C20H22Cl2N2OS2/c1-14(19-16(13-25-2)7-10-26-19)24(20-23-8-11-27-20)9-3-4-15-5-6-17(21)12-18(15)22/h5-8,10-12,14H,3-4,9,13H2,1-2H3. The highest BCUT2D eigenvalue weighted by molar-refractivity contribution is 7.13. The molecular formula is C20H22Cl2N2OS2. The van der Waals surface area contributed by atoms with Crippen LogP contribution in [0.1, 0.15) is 35.4 Å². The number of methoxy groups -OCH3 is 1. The fourth-order valence-corrected chi connectivity index (χ4v) is 5.34. The highest BCUT2D eigenvalue weighted by Gasteiger charge is 2.22. The van der Waals surface area contributed by atoms with Crippen molar-refractivity contribution in [1.29, 1.82) is 0 Å². The Balaban J connectivity index is 1.73. The van der Waals surface area contributed by atoms with Crippen LogP contribution in [0, 0.1) is 0 Å². The lowest BCUT2D eigenvalue weighted by Crippen LogP contribution is -2.28. The smallest absolute Gasteiger partial charge is 0.185 e. The second kappa shape index (κ2) is 9.89. The first-order valence-corrected chi connectivity index (χ1v) is 11.3. The van der Waals surface area contributed by atoms with Gasteiger partial charge in [-0.1, -0.05) is 29.3 Å². The predicted molar refractivity (Wildman–Crippen MR) is 118 cm³/mol. The second-order valence-corrected chi connectivity index (χ2v) is 8.93. The van der Waals surface area contributed by atoms with Crippen LogP contribution in [0.5, 0.6) is 0 Å². The number of anilines is 1. The molecule has 0 aliphatic carbocycles. The molecule has 0 aliphatic rings. The van der Waals surface area contributed by atoms with Gasteiger partial charge in [-0.05, 0) is 54.5 Å². The first-order valence-electron chi connectivity index (χ1n) is 8.75. The van der Waals surface area contributed by atoms with Crippen molar-refractivity contribution in [1.82, 2.24) is 4.98 Å². The number of aryl methyl sites for hydroxylation is 1. The van der Waals surface area contributed by atoms with Crippen molar-refractivity contribution in [2.24, 2.45) is 0 Å². The van der Waals surface area contributed by atoms with Gasteiger partial charge in [0, 0.05) is 40.2 Å². The Morgan fingerprint density at radius 1 is 1.15 bits per heavy atom. The molecule has 0 aliphatic heterocycles. The maximum atomic E-state index is 6.32. The van der Waals surface area contributed by atoms with E-state index in [2.05, 4.69) is 28.3 Å². The van der Waals surface area contributed by atoms with Crippen LogP contribution >= 0.6 is 45.9 Å². The SMILES string of the molecule is COCc1ccsc1C(C)N(CCCc1ccc(Cl)cc1Cl)c1nccs1. The van der Waals surface area contributed by atoms with Gasteiger partial charge in [0.15, 0.2) is 5.13 Å². The predicted octanol–water partition coefficient (Wildman–Crippen LogP) is 6.86. The Kier molecular flexibility index (Phi) is 7.56. The zero-order valence-electron chi connectivity index (χ0n) is 15.3. The van der Waals surface area contributed by atoms with E-state index in [1.54, 1.807) is 29.8 Å². The highest BCUT2D eigenvalue weighted by Crippen LogP contribution is 2.34. The number of rotatable bonds is 9. The summed E-state index contributed by atoms with van der Waals surface area (Å²) in [5.41, 5.74) is 2.38. The van der Waals surface area contributed by atoms with Gasteiger partial charge in [-0.25, -0.2) is 4.98 Å². The summed E-state index contributed by atoms with van der Waals surface area (Å²) >= 11 is 15.8. The van der Waals surface area contributed by atoms with E-state index in [9.17, 15) is 0 Å². The number of benzene rings is 1. The Labute approximate surface area is 178 Å². The number of aromatic nitrogens is 1. The van der Waals surface area contributed by atoms with Crippen LogP contribution in [-0.4, -0.2) is 18.6 Å².